The lowest BCUT2D eigenvalue weighted by atomic mass is 10.0. The lowest BCUT2D eigenvalue weighted by Crippen LogP contribution is -1.94. The van der Waals surface area contributed by atoms with Crippen LogP contribution < -0.4 is 5.73 Å². The Balaban J connectivity index is 2.64. The summed E-state index contributed by atoms with van der Waals surface area (Å²) in [5.74, 6) is -2.60. The fourth-order valence-corrected chi connectivity index (χ4v) is 1.69. The molecule has 2 N–H and O–H groups in total. The maximum absolute atomic E-state index is 13.2. The van der Waals surface area contributed by atoms with E-state index in [1.807, 2.05) is 0 Å². The lowest BCUT2D eigenvalue weighted by molar-refractivity contribution is 0.509. The highest BCUT2D eigenvalue weighted by atomic mass is 35.5. The highest BCUT2D eigenvalue weighted by Gasteiger charge is 2.11. The van der Waals surface area contributed by atoms with E-state index in [1.54, 1.807) is 0 Å². The first kappa shape index (κ1) is 11.8. The van der Waals surface area contributed by atoms with Crippen LogP contribution in [-0.2, 0) is 0 Å². The zero-order valence-corrected chi connectivity index (χ0v) is 9.23. The summed E-state index contributed by atoms with van der Waals surface area (Å²) in [7, 11) is 0. The second-order valence-electron chi connectivity index (χ2n) is 3.48. The minimum absolute atomic E-state index is 0.0322. The molecule has 0 bridgehead atoms. The Bertz CT molecular complexity index is 584. The molecule has 0 aromatic heterocycles. The molecule has 0 atom stereocenters. The number of halogens is 4. The Labute approximate surface area is 101 Å². The Morgan fingerprint density at radius 1 is 0.941 bits per heavy atom. The van der Waals surface area contributed by atoms with Crippen molar-refractivity contribution >= 4 is 17.3 Å². The van der Waals surface area contributed by atoms with Crippen molar-refractivity contribution in [1.82, 2.24) is 0 Å². The van der Waals surface area contributed by atoms with Gasteiger partial charge in [-0.15, -0.1) is 0 Å². The minimum Gasteiger partial charge on any atom is -0.397 e. The van der Waals surface area contributed by atoms with Crippen LogP contribution in [0.1, 0.15) is 0 Å². The molecule has 0 spiro atoms. The van der Waals surface area contributed by atoms with E-state index >= 15 is 0 Å². The van der Waals surface area contributed by atoms with Crippen molar-refractivity contribution < 1.29 is 13.2 Å². The fraction of sp³-hybridized carbons (Fsp3) is 0. The lowest BCUT2D eigenvalue weighted by Gasteiger charge is -2.08. The summed E-state index contributed by atoms with van der Waals surface area (Å²) in [6, 6.07) is 5.37. The molecule has 0 aliphatic heterocycles. The van der Waals surface area contributed by atoms with Gasteiger partial charge in [-0.05, 0) is 29.8 Å². The third kappa shape index (κ3) is 2.22. The number of hydrogen-bond donors (Lipinski definition) is 1. The molecule has 2 aromatic carbocycles. The van der Waals surface area contributed by atoms with Gasteiger partial charge in [0, 0.05) is 5.56 Å². The van der Waals surface area contributed by atoms with E-state index in [4.69, 9.17) is 17.3 Å². The van der Waals surface area contributed by atoms with Crippen LogP contribution in [0.4, 0.5) is 18.9 Å². The molecule has 1 nitrogen and oxygen atoms in total. The third-order valence-electron chi connectivity index (χ3n) is 2.32. The summed E-state index contributed by atoms with van der Waals surface area (Å²) in [6.07, 6.45) is 0. The molecule has 17 heavy (non-hydrogen) atoms. The largest absolute Gasteiger partial charge is 0.397 e. The molecule has 0 fully saturated rings. The van der Waals surface area contributed by atoms with Gasteiger partial charge in [-0.3, -0.25) is 0 Å². The average Bonchev–Trinajstić information content (AvgIpc) is 2.27. The van der Waals surface area contributed by atoms with Crippen molar-refractivity contribution in [2.45, 2.75) is 0 Å². The summed E-state index contributed by atoms with van der Waals surface area (Å²) in [5.41, 5.74) is 6.28. The number of nitrogens with two attached hydrogens (primary N) is 1. The van der Waals surface area contributed by atoms with Gasteiger partial charge in [-0.2, -0.15) is 0 Å². The average molecular weight is 258 g/mol. The van der Waals surface area contributed by atoms with E-state index in [0.29, 0.717) is 0 Å². The number of benzene rings is 2. The van der Waals surface area contributed by atoms with Crippen molar-refractivity contribution in [3.05, 3.63) is 52.8 Å². The van der Waals surface area contributed by atoms with Crippen LogP contribution in [0.2, 0.25) is 5.02 Å². The van der Waals surface area contributed by atoms with Gasteiger partial charge in [0.1, 0.15) is 5.82 Å². The Morgan fingerprint density at radius 3 is 2.29 bits per heavy atom. The number of rotatable bonds is 1. The van der Waals surface area contributed by atoms with E-state index in [9.17, 15) is 13.2 Å². The van der Waals surface area contributed by atoms with Crippen molar-refractivity contribution in [2.24, 2.45) is 0 Å². The molecule has 88 valence electrons. The summed E-state index contributed by atoms with van der Waals surface area (Å²) >= 11 is 5.71. The van der Waals surface area contributed by atoms with E-state index < -0.39 is 17.5 Å². The topological polar surface area (TPSA) is 26.0 Å². The first-order chi connectivity index (χ1) is 7.99. The van der Waals surface area contributed by atoms with Gasteiger partial charge in [0.25, 0.3) is 0 Å². The van der Waals surface area contributed by atoms with Crippen molar-refractivity contribution in [3.8, 4) is 11.1 Å². The molecular weight excluding hydrogens is 251 g/mol. The first-order valence-corrected chi connectivity index (χ1v) is 5.07. The quantitative estimate of drug-likeness (QED) is 0.768. The molecule has 0 saturated heterocycles. The van der Waals surface area contributed by atoms with Crippen molar-refractivity contribution in [2.75, 3.05) is 5.73 Å². The second-order valence-corrected chi connectivity index (χ2v) is 3.88. The van der Waals surface area contributed by atoms with Gasteiger partial charge >= 0.3 is 0 Å². The normalized spacial score (nSPS) is 10.6. The molecule has 0 amide bonds. The van der Waals surface area contributed by atoms with Crippen LogP contribution in [0.3, 0.4) is 0 Å². The predicted molar refractivity (Wildman–Crippen MR) is 61.2 cm³/mol. The molecule has 0 saturated carbocycles. The van der Waals surface area contributed by atoms with Gasteiger partial charge < -0.3 is 5.73 Å². The molecule has 5 heteroatoms. The minimum atomic E-state index is -1.03. The highest BCUT2D eigenvalue weighted by Crippen LogP contribution is 2.33. The van der Waals surface area contributed by atoms with Crippen LogP contribution in [0.25, 0.3) is 11.1 Å². The van der Waals surface area contributed by atoms with E-state index in [0.717, 1.165) is 24.3 Å². The highest BCUT2D eigenvalue weighted by molar-refractivity contribution is 6.33. The zero-order valence-electron chi connectivity index (χ0n) is 8.48. The molecule has 0 heterocycles. The number of nitrogen functional groups attached to an aromatic ring is 1. The Hall–Kier alpha value is -1.68. The maximum Gasteiger partial charge on any atom is 0.159 e. The molecule has 2 rings (SSSR count). The molecule has 2 aromatic rings. The van der Waals surface area contributed by atoms with E-state index in [-0.39, 0.29) is 21.8 Å². The summed E-state index contributed by atoms with van der Waals surface area (Å²) in [6.45, 7) is 0. The zero-order chi connectivity index (χ0) is 12.6. The summed E-state index contributed by atoms with van der Waals surface area (Å²) < 4.78 is 39.0. The monoisotopic (exact) mass is 257 g/mol. The number of hydrogen-bond acceptors (Lipinski definition) is 1. The van der Waals surface area contributed by atoms with Gasteiger partial charge in [0.05, 0.1) is 10.7 Å². The standard InChI is InChI=1S/C12H7ClF3N/c13-9-5-7(14)4-8(12(9)17)6-1-2-10(15)11(16)3-6/h1-5H,17H2. The third-order valence-corrected chi connectivity index (χ3v) is 2.64. The van der Waals surface area contributed by atoms with Gasteiger partial charge in [0.2, 0.25) is 0 Å². The fourth-order valence-electron chi connectivity index (χ4n) is 1.49. The molecule has 0 aliphatic rings. The Morgan fingerprint density at radius 2 is 1.65 bits per heavy atom. The van der Waals surface area contributed by atoms with Crippen LogP contribution >= 0.6 is 11.6 Å². The Kier molecular flexibility index (Phi) is 2.98. The predicted octanol–water partition coefficient (Wildman–Crippen LogP) is 4.01. The summed E-state index contributed by atoms with van der Waals surface area (Å²) in [5, 5.41) is 0.0322. The SMILES string of the molecule is Nc1c(Cl)cc(F)cc1-c1ccc(F)c(F)c1. The number of anilines is 1. The summed E-state index contributed by atoms with van der Waals surface area (Å²) in [4.78, 5) is 0. The van der Waals surface area contributed by atoms with Crippen LogP contribution in [0.15, 0.2) is 30.3 Å². The smallest absolute Gasteiger partial charge is 0.159 e. The van der Waals surface area contributed by atoms with Crippen LogP contribution in [0, 0.1) is 17.5 Å². The van der Waals surface area contributed by atoms with E-state index in [2.05, 4.69) is 0 Å². The van der Waals surface area contributed by atoms with Crippen molar-refractivity contribution in [3.63, 3.8) is 0 Å². The van der Waals surface area contributed by atoms with Crippen LogP contribution in [0.5, 0.6) is 0 Å². The van der Waals surface area contributed by atoms with Gasteiger partial charge in [-0.1, -0.05) is 17.7 Å². The van der Waals surface area contributed by atoms with Crippen LogP contribution in [-0.4, -0.2) is 0 Å². The van der Waals surface area contributed by atoms with Crippen molar-refractivity contribution in [1.29, 1.82) is 0 Å². The van der Waals surface area contributed by atoms with E-state index in [1.165, 1.54) is 6.07 Å². The van der Waals surface area contributed by atoms with Gasteiger partial charge in [0.15, 0.2) is 11.6 Å². The molecule has 0 aliphatic carbocycles. The molecular formula is C12H7ClF3N. The second kappa shape index (κ2) is 4.30. The maximum atomic E-state index is 13.2. The van der Waals surface area contributed by atoms with Gasteiger partial charge in [-0.25, -0.2) is 13.2 Å². The molecule has 0 unspecified atom stereocenters. The first-order valence-electron chi connectivity index (χ1n) is 4.69. The molecule has 0 radical (unpaired) electrons.